The highest BCUT2D eigenvalue weighted by Gasteiger charge is 2.55. The summed E-state index contributed by atoms with van der Waals surface area (Å²) in [7, 11) is 3.41. The topological polar surface area (TPSA) is 68.8 Å². The fourth-order valence-electron chi connectivity index (χ4n) is 5.44. The second kappa shape index (κ2) is 8.94. The van der Waals surface area contributed by atoms with Crippen LogP contribution in [0.5, 0.6) is 23.0 Å². The van der Waals surface area contributed by atoms with E-state index in [1.165, 1.54) is 12.8 Å². The first-order chi connectivity index (χ1) is 17.5. The number of aromatic nitrogens is 2. The number of likely N-dealkylation sites (tertiary alicyclic amines) is 1. The average Bonchev–Trinajstić information content (AvgIpc) is 3.41. The van der Waals surface area contributed by atoms with Crippen LogP contribution in [-0.2, 0) is 4.74 Å². The van der Waals surface area contributed by atoms with Crippen molar-refractivity contribution in [1.82, 2.24) is 14.9 Å². The first-order valence-corrected chi connectivity index (χ1v) is 12.3. The Morgan fingerprint density at radius 2 is 1.92 bits per heavy atom. The Bertz CT molecular complexity index is 1430. The molecule has 8 heteroatoms. The number of fused-ring (bicyclic) bond motifs is 2. The molecule has 0 radical (unpaired) electrons. The number of ether oxygens (including phenoxy) is 4. The monoisotopic (exact) mass is 491 g/mol. The smallest absolute Gasteiger partial charge is 0.175 e. The predicted molar refractivity (Wildman–Crippen MR) is 136 cm³/mol. The Balaban J connectivity index is 1.21. The first kappa shape index (κ1) is 23.1. The molecule has 1 atom stereocenters. The summed E-state index contributed by atoms with van der Waals surface area (Å²) in [5.41, 5.74) is 2.67. The van der Waals surface area contributed by atoms with Crippen molar-refractivity contribution in [2.75, 3.05) is 40.5 Å². The van der Waals surface area contributed by atoms with Crippen molar-refractivity contribution in [2.24, 2.45) is 5.41 Å². The SMILES string of the molecule is COc1cc2c(Oc3ccc4[nH]c(C)cc4c3F)ccnc2cc1OCCN1CC(OC)C2(CC2)C1. The second-order valence-electron chi connectivity index (χ2n) is 9.89. The zero-order valence-electron chi connectivity index (χ0n) is 20.8. The van der Waals surface area contributed by atoms with Gasteiger partial charge in [0.15, 0.2) is 23.1 Å². The molecule has 1 unspecified atom stereocenters. The quantitative estimate of drug-likeness (QED) is 0.353. The maximum atomic E-state index is 15.1. The number of nitrogens with zero attached hydrogens (tertiary/aromatic N) is 2. The van der Waals surface area contributed by atoms with Gasteiger partial charge in [-0.15, -0.1) is 0 Å². The van der Waals surface area contributed by atoms with Crippen LogP contribution in [0.15, 0.2) is 42.6 Å². The normalized spacial score (nSPS) is 18.8. The van der Waals surface area contributed by atoms with Crippen molar-refractivity contribution in [3.63, 3.8) is 0 Å². The van der Waals surface area contributed by atoms with Gasteiger partial charge >= 0.3 is 0 Å². The van der Waals surface area contributed by atoms with Crippen LogP contribution < -0.4 is 14.2 Å². The summed E-state index contributed by atoms with van der Waals surface area (Å²) in [5.74, 6) is 1.44. The summed E-state index contributed by atoms with van der Waals surface area (Å²) in [6, 6.07) is 10.6. The molecule has 0 amide bonds. The van der Waals surface area contributed by atoms with Crippen molar-refractivity contribution in [3.05, 3.63) is 54.1 Å². The third kappa shape index (κ3) is 4.04. The van der Waals surface area contributed by atoms with Gasteiger partial charge in [0.1, 0.15) is 12.4 Å². The number of rotatable bonds is 8. The Hall–Kier alpha value is -3.36. The Kier molecular flexibility index (Phi) is 5.73. The summed E-state index contributed by atoms with van der Waals surface area (Å²) in [6.07, 6.45) is 4.47. The van der Waals surface area contributed by atoms with Gasteiger partial charge in [-0.2, -0.15) is 0 Å². The Labute approximate surface area is 209 Å². The lowest BCUT2D eigenvalue weighted by molar-refractivity contribution is 0.0693. The van der Waals surface area contributed by atoms with Gasteiger partial charge in [-0.1, -0.05) is 0 Å². The zero-order valence-corrected chi connectivity index (χ0v) is 20.8. The molecule has 1 spiro atoms. The maximum absolute atomic E-state index is 15.1. The zero-order chi connectivity index (χ0) is 24.9. The molecule has 1 saturated heterocycles. The number of methoxy groups -OCH3 is 2. The lowest BCUT2D eigenvalue weighted by atomic mass is 10.0. The molecule has 1 saturated carbocycles. The lowest BCUT2D eigenvalue weighted by Crippen LogP contribution is -2.27. The van der Waals surface area contributed by atoms with E-state index in [-0.39, 0.29) is 5.75 Å². The third-order valence-electron chi connectivity index (χ3n) is 7.53. The highest BCUT2D eigenvalue weighted by Crippen LogP contribution is 2.53. The number of halogens is 1. The summed E-state index contributed by atoms with van der Waals surface area (Å²) in [5, 5.41) is 1.21. The number of aryl methyl sites for hydroxylation is 1. The van der Waals surface area contributed by atoms with Crippen molar-refractivity contribution >= 4 is 21.8 Å². The molecule has 2 aromatic heterocycles. The standard InChI is InChI=1S/C28H30FN3O4/c1-17-12-19-20(31-17)4-5-23(27(19)29)36-22-6-9-30-21-14-25(24(33-2)13-18(21)22)35-11-10-32-15-26(34-3)28(16-32)7-8-28/h4-6,9,12-14,26,31H,7-8,10-11,15-16H2,1-3H3. The van der Waals surface area contributed by atoms with Crippen LogP contribution in [0.2, 0.25) is 0 Å². The van der Waals surface area contributed by atoms with Crippen LogP contribution in [0.1, 0.15) is 18.5 Å². The van der Waals surface area contributed by atoms with E-state index in [4.69, 9.17) is 18.9 Å². The van der Waals surface area contributed by atoms with E-state index < -0.39 is 5.82 Å². The number of benzene rings is 2. The molecule has 1 aliphatic carbocycles. The van der Waals surface area contributed by atoms with Crippen molar-refractivity contribution in [2.45, 2.75) is 25.9 Å². The number of pyridine rings is 1. The van der Waals surface area contributed by atoms with Crippen LogP contribution in [0, 0.1) is 18.2 Å². The van der Waals surface area contributed by atoms with Gasteiger partial charge in [-0.05, 0) is 50.1 Å². The number of nitrogens with one attached hydrogen (secondary N) is 1. The predicted octanol–water partition coefficient (Wildman–Crippen LogP) is 5.45. The highest BCUT2D eigenvalue weighted by atomic mass is 19.1. The molecular formula is C28H30FN3O4. The minimum Gasteiger partial charge on any atom is -0.493 e. The molecule has 2 aromatic carbocycles. The molecule has 2 aliphatic rings. The van der Waals surface area contributed by atoms with Crippen LogP contribution in [0.4, 0.5) is 4.39 Å². The molecule has 0 bridgehead atoms. The number of aromatic amines is 1. The molecule has 7 nitrogen and oxygen atoms in total. The van der Waals surface area contributed by atoms with Gasteiger partial charge < -0.3 is 23.9 Å². The molecule has 2 fully saturated rings. The molecule has 188 valence electrons. The molecule has 36 heavy (non-hydrogen) atoms. The van der Waals surface area contributed by atoms with Crippen molar-refractivity contribution < 1.29 is 23.3 Å². The van der Waals surface area contributed by atoms with Crippen LogP contribution in [-0.4, -0.2) is 61.4 Å². The highest BCUT2D eigenvalue weighted by molar-refractivity contribution is 5.89. The van der Waals surface area contributed by atoms with E-state index in [0.717, 1.165) is 30.8 Å². The third-order valence-corrected chi connectivity index (χ3v) is 7.53. The van der Waals surface area contributed by atoms with Crippen LogP contribution >= 0.6 is 0 Å². The molecule has 1 N–H and O–H groups in total. The van der Waals surface area contributed by atoms with Gasteiger partial charge in [0, 0.05) is 66.4 Å². The van der Waals surface area contributed by atoms with E-state index in [9.17, 15) is 0 Å². The van der Waals surface area contributed by atoms with Crippen LogP contribution in [0.25, 0.3) is 21.8 Å². The van der Waals surface area contributed by atoms with Crippen molar-refractivity contribution in [1.29, 1.82) is 0 Å². The Morgan fingerprint density at radius 3 is 2.67 bits per heavy atom. The maximum Gasteiger partial charge on any atom is 0.175 e. The second-order valence-corrected chi connectivity index (χ2v) is 9.89. The number of hydrogen-bond acceptors (Lipinski definition) is 6. The first-order valence-electron chi connectivity index (χ1n) is 12.3. The van der Waals surface area contributed by atoms with Gasteiger partial charge in [0.2, 0.25) is 0 Å². The molecule has 1 aliphatic heterocycles. The summed E-state index contributed by atoms with van der Waals surface area (Å²) in [6.45, 7) is 5.26. The number of hydrogen-bond donors (Lipinski definition) is 1. The van der Waals surface area contributed by atoms with Gasteiger partial charge in [-0.3, -0.25) is 9.88 Å². The lowest BCUT2D eigenvalue weighted by Gasteiger charge is -2.17. The van der Waals surface area contributed by atoms with Crippen molar-refractivity contribution in [3.8, 4) is 23.0 Å². The fraction of sp³-hybridized carbons (Fsp3) is 0.393. The van der Waals surface area contributed by atoms with Gasteiger partial charge in [0.25, 0.3) is 0 Å². The van der Waals surface area contributed by atoms with E-state index in [1.54, 1.807) is 31.5 Å². The average molecular weight is 492 g/mol. The molecule has 3 heterocycles. The van der Waals surface area contributed by atoms with Gasteiger partial charge in [0.05, 0.1) is 18.7 Å². The fourth-order valence-corrected chi connectivity index (χ4v) is 5.44. The van der Waals surface area contributed by atoms with E-state index >= 15 is 4.39 Å². The van der Waals surface area contributed by atoms with Gasteiger partial charge in [-0.25, -0.2) is 4.39 Å². The summed E-state index contributed by atoms with van der Waals surface area (Å²) in [4.78, 5) is 10.0. The molecule has 4 aromatic rings. The minimum atomic E-state index is -0.403. The molecular weight excluding hydrogens is 461 g/mol. The van der Waals surface area contributed by atoms with Crippen LogP contribution in [0.3, 0.4) is 0 Å². The molecule has 6 rings (SSSR count). The van der Waals surface area contributed by atoms with E-state index in [0.29, 0.717) is 51.7 Å². The number of H-pyrrole nitrogens is 1. The summed E-state index contributed by atoms with van der Waals surface area (Å²) < 4.78 is 38.6. The van der Waals surface area contributed by atoms with E-state index in [1.807, 2.05) is 32.2 Å². The van der Waals surface area contributed by atoms with E-state index in [2.05, 4.69) is 14.9 Å². The summed E-state index contributed by atoms with van der Waals surface area (Å²) >= 11 is 0. The minimum absolute atomic E-state index is 0.154. The largest absolute Gasteiger partial charge is 0.493 e. The Morgan fingerprint density at radius 1 is 1.06 bits per heavy atom.